The molecule has 0 saturated carbocycles. The number of benzene rings is 1. The summed E-state index contributed by atoms with van der Waals surface area (Å²) in [6.07, 6.45) is 4.43. The third-order valence-corrected chi connectivity index (χ3v) is 5.85. The van der Waals surface area contributed by atoms with E-state index in [-0.39, 0.29) is 11.2 Å². The molecule has 0 spiro atoms. The van der Waals surface area contributed by atoms with Crippen LogP contribution in [-0.4, -0.2) is 37.5 Å². The molecule has 0 fully saturated rings. The van der Waals surface area contributed by atoms with E-state index in [1.54, 1.807) is 12.4 Å². The number of hydrogen-bond acceptors (Lipinski definition) is 5. The molecule has 3 aromatic rings. The van der Waals surface area contributed by atoms with E-state index in [2.05, 4.69) is 39.6 Å². The van der Waals surface area contributed by atoms with Crippen molar-refractivity contribution in [1.82, 2.24) is 25.1 Å². The summed E-state index contributed by atoms with van der Waals surface area (Å²) in [5.74, 6) is 1.08. The van der Waals surface area contributed by atoms with Crippen molar-refractivity contribution in [2.75, 3.05) is 6.54 Å². The molecule has 0 unspecified atom stereocenters. The van der Waals surface area contributed by atoms with Crippen LogP contribution >= 0.6 is 11.8 Å². The molecule has 0 aliphatic rings. The van der Waals surface area contributed by atoms with Crippen molar-refractivity contribution in [3.05, 3.63) is 60.4 Å². The van der Waals surface area contributed by atoms with Crippen LogP contribution in [0.15, 0.2) is 60.0 Å². The summed E-state index contributed by atoms with van der Waals surface area (Å²) in [4.78, 5) is 16.6. The van der Waals surface area contributed by atoms with Gasteiger partial charge in [0.15, 0.2) is 11.0 Å². The molecular weight excluding hydrogens is 370 g/mol. The van der Waals surface area contributed by atoms with E-state index in [4.69, 9.17) is 0 Å². The fourth-order valence-corrected chi connectivity index (χ4v) is 3.81. The van der Waals surface area contributed by atoms with Crippen molar-refractivity contribution >= 4 is 17.7 Å². The third-order valence-electron chi connectivity index (χ3n) is 4.71. The Kier molecular flexibility index (Phi) is 6.81. The summed E-state index contributed by atoms with van der Waals surface area (Å²) < 4.78 is 1.91. The fraction of sp³-hybridized carbons (Fsp3) is 0.333. The Morgan fingerprint density at radius 3 is 2.54 bits per heavy atom. The molecule has 0 radical (unpaired) electrons. The predicted octanol–water partition coefficient (Wildman–Crippen LogP) is 3.67. The van der Waals surface area contributed by atoms with E-state index < -0.39 is 0 Å². The van der Waals surface area contributed by atoms with Gasteiger partial charge in [0, 0.05) is 37.5 Å². The van der Waals surface area contributed by atoms with Gasteiger partial charge in [-0.05, 0) is 31.0 Å². The van der Waals surface area contributed by atoms with Gasteiger partial charge in [-0.15, -0.1) is 10.2 Å². The number of amides is 1. The smallest absolute Gasteiger partial charge is 0.233 e. The van der Waals surface area contributed by atoms with E-state index >= 15 is 0 Å². The molecule has 0 saturated heterocycles. The molecule has 2 atom stereocenters. The lowest BCUT2D eigenvalue weighted by Crippen LogP contribution is -2.34. The van der Waals surface area contributed by atoms with E-state index in [0.717, 1.165) is 17.8 Å². The molecule has 6 nitrogen and oxygen atoms in total. The zero-order valence-electron chi connectivity index (χ0n) is 16.4. The first-order valence-corrected chi connectivity index (χ1v) is 10.3. The minimum atomic E-state index is -0.263. The monoisotopic (exact) mass is 395 g/mol. The molecule has 0 aliphatic heterocycles. The zero-order valence-corrected chi connectivity index (χ0v) is 17.2. The van der Waals surface area contributed by atoms with Crippen LogP contribution in [-0.2, 0) is 11.8 Å². The Labute approximate surface area is 169 Å². The summed E-state index contributed by atoms with van der Waals surface area (Å²) in [6.45, 7) is 4.66. The van der Waals surface area contributed by atoms with Crippen molar-refractivity contribution in [1.29, 1.82) is 0 Å². The molecule has 1 N–H and O–H groups in total. The Morgan fingerprint density at radius 2 is 1.86 bits per heavy atom. The quantitative estimate of drug-likeness (QED) is 0.589. The van der Waals surface area contributed by atoms with Gasteiger partial charge in [0.1, 0.15) is 0 Å². The molecule has 1 aromatic carbocycles. The number of nitrogens with zero attached hydrogens (tertiary/aromatic N) is 4. The number of nitrogens with one attached hydrogen (secondary N) is 1. The normalized spacial score (nSPS) is 13.1. The Hall–Kier alpha value is -2.67. The summed E-state index contributed by atoms with van der Waals surface area (Å²) in [6, 6.07) is 14.1. The van der Waals surface area contributed by atoms with Gasteiger partial charge in [0.25, 0.3) is 0 Å². The molecule has 3 rings (SSSR count). The Morgan fingerprint density at radius 1 is 1.14 bits per heavy atom. The van der Waals surface area contributed by atoms with Crippen molar-refractivity contribution in [2.45, 2.75) is 36.6 Å². The van der Waals surface area contributed by atoms with Crippen molar-refractivity contribution in [3.8, 4) is 11.4 Å². The molecule has 146 valence electrons. The summed E-state index contributed by atoms with van der Waals surface area (Å²) in [5, 5.41) is 12.0. The second-order valence-corrected chi connectivity index (χ2v) is 7.93. The van der Waals surface area contributed by atoms with E-state index in [9.17, 15) is 4.79 Å². The van der Waals surface area contributed by atoms with Crippen LogP contribution < -0.4 is 5.32 Å². The largest absolute Gasteiger partial charge is 0.355 e. The number of thioether (sulfide) groups is 1. The van der Waals surface area contributed by atoms with Crippen molar-refractivity contribution < 1.29 is 4.79 Å². The lowest BCUT2D eigenvalue weighted by molar-refractivity contribution is -0.120. The molecule has 28 heavy (non-hydrogen) atoms. The van der Waals surface area contributed by atoms with Gasteiger partial charge in [-0.3, -0.25) is 9.78 Å². The number of rotatable bonds is 8. The van der Waals surface area contributed by atoms with Gasteiger partial charge in [-0.2, -0.15) is 0 Å². The molecule has 7 heteroatoms. The van der Waals surface area contributed by atoms with Crippen LogP contribution in [0.25, 0.3) is 11.4 Å². The van der Waals surface area contributed by atoms with Gasteiger partial charge in [-0.25, -0.2) is 0 Å². The highest BCUT2D eigenvalue weighted by Gasteiger charge is 2.20. The maximum atomic E-state index is 12.6. The summed E-state index contributed by atoms with van der Waals surface area (Å²) >= 11 is 1.41. The van der Waals surface area contributed by atoms with Crippen LogP contribution in [0.3, 0.4) is 0 Å². The minimum Gasteiger partial charge on any atom is -0.355 e. The highest BCUT2D eigenvalue weighted by molar-refractivity contribution is 8.00. The first-order valence-electron chi connectivity index (χ1n) is 9.39. The lowest BCUT2D eigenvalue weighted by atomic mass is 9.96. The van der Waals surface area contributed by atoms with E-state index in [1.807, 2.05) is 48.9 Å². The number of hydrogen-bond donors (Lipinski definition) is 1. The average molecular weight is 396 g/mol. The summed E-state index contributed by atoms with van der Waals surface area (Å²) in [5.41, 5.74) is 2.20. The number of carbonyl (C=O) groups is 1. The molecular formula is C21H25N5OS. The number of pyridine rings is 1. The van der Waals surface area contributed by atoms with Gasteiger partial charge in [-0.1, -0.05) is 49.0 Å². The van der Waals surface area contributed by atoms with E-state index in [0.29, 0.717) is 17.6 Å². The van der Waals surface area contributed by atoms with Gasteiger partial charge >= 0.3 is 0 Å². The molecule has 2 heterocycles. The van der Waals surface area contributed by atoms with Crippen LogP contribution in [0.5, 0.6) is 0 Å². The predicted molar refractivity (Wildman–Crippen MR) is 112 cm³/mol. The van der Waals surface area contributed by atoms with Gasteiger partial charge in [0.2, 0.25) is 5.91 Å². The Bertz CT molecular complexity index is 898. The van der Waals surface area contributed by atoms with Gasteiger partial charge in [0.05, 0.1) is 5.25 Å². The van der Waals surface area contributed by atoms with Crippen LogP contribution in [0.1, 0.15) is 31.7 Å². The standard InChI is InChI=1S/C21H25N5OS/c1-4-16(17-8-6-5-7-9-17)14-23-20(27)15(2)28-21-25-24-19(26(21)3)18-10-12-22-13-11-18/h5-13,15-16H,4,14H2,1-3H3,(H,23,27)/t15-,16-/m0/s1. The summed E-state index contributed by atoms with van der Waals surface area (Å²) in [7, 11) is 1.91. The topological polar surface area (TPSA) is 72.7 Å². The van der Waals surface area contributed by atoms with Crippen LogP contribution in [0, 0.1) is 0 Å². The Balaban J connectivity index is 1.59. The maximum Gasteiger partial charge on any atom is 0.233 e. The second-order valence-electron chi connectivity index (χ2n) is 6.62. The number of aromatic nitrogens is 4. The first kappa shape index (κ1) is 20.1. The van der Waals surface area contributed by atoms with Crippen molar-refractivity contribution in [3.63, 3.8) is 0 Å². The molecule has 2 aromatic heterocycles. The van der Waals surface area contributed by atoms with E-state index in [1.165, 1.54) is 17.3 Å². The maximum absolute atomic E-state index is 12.6. The zero-order chi connectivity index (χ0) is 19.9. The SMILES string of the molecule is CC[C@@H](CNC(=O)[C@H](C)Sc1nnc(-c2ccncc2)n1C)c1ccccc1. The highest BCUT2D eigenvalue weighted by atomic mass is 32.2. The van der Waals surface area contributed by atoms with Crippen LogP contribution in [0.4, 0.5) is 0 Å². The van der Waals surface area contributed by atoms with Crippen molar-refractivity contribution in [2.24, 2.45) is 7.05 Å². The lowest BCUT2D eigenvalue weighted by Gasteiger charge is -2.18. The third kappa shape index (κ3) is 4.78. The highest BCUT2D eigenvalue weighted by Crippen LogP contribution is 2.25. The molecule has 1 amide bonds. The minimum absolute atomic E-state index is 0.00726. The second kappa shape index (κ2) is 9.50. The van der Waals surface area contributed by atoms with Gasteiger partial charge < -0.3 is 9.88 Å². The number of carbonyl (C=O) groups excluding carboxylic acids is 1. The molecule has 0 bridgehead atoms. The molecule has 0 aliphatic carbocycles. The first-order chi connectivity index (χ1) is 13.6. The fourth-order valence-electron chi connectivity index (χ4n) is 2.97. The average Bonchev–Trinajstić information content (AvgIpc) is 3.10. The van der Waals surface area contributed by atoms with Crippen LogP contribution in [0.2, 0.25) is 0 Å².